The van der Waals surface area contributed by atoms with Crippen molar-refractivity contribution in [3.63, 3.8) is 0 Å². The summed E-state index contributed by atoms with van der Waals surface area (Å²) in [4.78, 5) is 14.1. The highest BCUT2D eigenvalue weighted by atomic mass is 35.5. The average molecular weight is 318 g/mol. The van der Waals surface area contributed by atoms with Crippen LogP contribution in [0.15, 0.2) is 48.5 Å². The largest absolute Gasteiger partial charge is 0.497 e. The van der Waals surface area contributed by atoms with Crippen LogP contribution < -0.4 is 9.64 Å². The zero-order valence-corrected chi connectivity index (χ0v) is 12.8. The van der Waals surface area contributed by atoms with Crippen LogP contribution >= 0.6 is 11.6 Å². The highest BCUT2D eigenvalue weighted by Crippen LogP contribution is 2.39. The van der Waals surface area contributed by atoms with Crippen molar-refractivity contribution in [1.29, 1.82) is 0 Å². The van der Waals surface area contributed by atoms with Crippen molar-refractivity contribution < 1.29 is 14.6 Å². The summed E-state index contributed by atoms with van der Waals surface area (Å²) in [6.45, 7) is -0.0922. The third-order valence-corrected chi connectivity index (χ3v) is 4.24. The number of halogens is 1. The van der Waals surface area contributed by atoms with E-state index in [2.05, 4.69) is 0 Å². The van der Waals surface area contributed by atoms with Crippen LogP contribution in [0.25, 0.3) is 0 Å². The minimum Gasteiger partial charge on any atom is -0.497 e. The summed E-state index contributed by atoms with van der Waals surface area (Å²) in [5.41, 5.74) is 1.63. The lowest BCUT2D eigenvalue weighted by Crippen LogP contribution is -2.61. The van der Waals surface area contributed by atoms with Gasteiger partial charge in [0.2, 0.25) is 5.91 Å². The van der Waals surface area contributed by atoms with Gasteiger partial charge in [0.05, 0.1) is 25.7 Å². The molecule has 3 rings (SSSR count). The molecule has 114 valence electrons. The van der Waals surface area contributed by atoms with Crippen molar-refractivity contribution in [2.45, 2.75) is 12.0 Å². The molecule has 0 spiro atoms. The molecule has 22 heavy (non-hydrogen) atoms. The van der Waals surface area contributed by atoms with E-state index in [-0.39, 0.29) is 24.5 Å². The fraction of sp³-hybridized carbons (Fsp3) is 0.235. The number of β-lactam (4-membered cyclic amide) rings is 1. The molecule has 0 aromatic heterocycles. The van der Waals surface area contributed by atoms with Gasteiger partial charge in [-0.25, -0.2) is 0 Å². The van der Waals surface area contributed by atoms with Crippen molar-refractivity contribution >= 4 is 23.2 Å². The molecule has 1 amide bonds. The van der Waals surface area contributed by atoms with E-state index in [9.17, 15) is 9.90 Å². The Morgan fingerprint density at radius 1 is 1.14 bits per heavy atom. The maximum Gasteiger partial charge on any atom is 0.237 e. The van der Waals surface area contributed by atoms with E-state index in [0.717, 1.165) is 17.0 Å². The first-order chi connectivity index (χ1) is 10.7. The summed E-state index contributed by atoms with van der Waals surface area (Å²) < 4.78 is 5.12. The molecule has 0 radical (unpaired) electrons. The third-order valence-electron chi connectivity index (χ3n) is 3.99. The summed E-state index contributed by atoms with van der Waals surface area (Å²) in [6.07, 6.45) is 0. The number of aliphatic hydroxyl groups excluding tert-OH is 1. The van der Waals surface area contributed by atoms with Crippen molar-refractivity contribution in [2.75, 3.05) is 18.6 Å². The molecule has 0 unspecified atom stereocenters. The molecule has 1 N–H and O–H groups in total. The number of benzene rings is 2. The normalized spacial score (nSPS) is 20.7. The molecular weight excluding hydrogens is 302 g/mol. The number of aliphatic hydroxyl groups is 1. The molecule has 2 atom stereocenters. The minimum absolute atomic E-state index is 0.0217. The van der Waals surface area contributed by atoms with E-state index >= 15 is 0 Å². The van der Waals surface area contributed by atoms with E-state index in [0.29, 0.717) is 5.02 Å². The number of hydrogen-bond acceptors (Lipinski definition) is 3. The Morgan fingerprint density at radius 2 is 1.77 bits per heavy atom. The molecule has 2 aromatic carbocycles. The van der Waals surface area contributed by atoms with Crippen molar-refractivity contribution in [3.05, 3.63) is 59.1 Å². The Hall–Kier alpha value is -2.04. The lowest BCUT2D eigenvalue weighted by Gasteiger charge is -2.46. The second kappa shape index (κ2) is 5.99. The summed E-state index contributed by atoms with van der Waals surface area (Å²) in [5, 5.41) is 10.3. The van der Waals surface area contributed by atoms with Crippen LogP contribution in [-0.4, -0.2) is 30.8 Å². The minimum atomic E-state index is -0.329. The highest BCUT2D eigenvalue weighted by molar-refractivity contribution is 6.30. The number of amides is 1. The first-order valence-corrected chi connectivity index (χ1v) is 7.37. The molecule has 1 saturated heterocycles. The number of ether oxygens (including phenoxy) is 1. The van der Waals surface area contributed by atoms with Gasteiger partial charge in [0.1, 0.15) is 5.75 Å². The lowest BCUT2D eigenvalue weighted by molar-refractivity contribution is -0.127. The second-order valence-corrected chi connectivity index (χ2v) is 5.62. The number of methoxy groups -OCH3 is 1. The standard InChI is InChI=1S/C17H16ClNO3/c1-22-14-8-6-13(7-9-14)19-15(10-20)16(17(19)21)11-2-4-12(18)5-3-11/h2-9,15-16,20H,10H2,1H3/t15-,16+/m0/s1. The Balaban J connectivity index is 1.85. The summed E-state index contributed by atoms with van der Waals surface area (Å²) >= 11 is 5.88. The number of carbonyl (C=O) groups excluding carboxylic acids is 1. The van der Waals surface area contributed by atoms with Gasteiger partial charge in [0, 0.05) is 10.7 Å². The smallest absolute Gasteiger partial charge is 0.237 e. The number of nitrogens with zero attached hydrogens (tertiary/aromatic N) is 1. The van der Waals surface area contributed by atoms with Gasteiger partial charge in [-0.3, -0.25) is 4.79 Å². The maximum absolute atomic E-state index is 12.5. The van der Waals surface area contributed by atoms with E-state index in [4.69, 9.17) is 16.3 Å². The highest BCUT2D eigenvalue weighted by Gasteiger charge is 2.48. The second-order valence-electron chi connectivity index (χ2n) is 5.19. The molecule has 1 heterocycles. The lowest BCUT2D eigenvalue weighted by atomic mass is 9.81. The molecule has 0 bridgehead atoms. The molecule has 0 saturated carbocycles. The molecule has 1 aliphatic rings. The summed E-state index contributed by atoms with van der Waals surface area (Å²) in [6, 6.07) is 14.2. The molecular formula is C17H16ClNO3. The van der Waals surface area contributed by atoms with Crippen molar-refractivity contribution in [1.82, 2.24) is 0 Å². The zero-order chi connectivity index (χ0) is 15.7. The van der Waals surface area contributed by atoms with Crippen LogP contribution in [0.2, 0.25) is 5.02 Å². The number of rotatable bonds is 4. The van der Waals surface area contributed by atoms with Gasteiger partial charge in [0.15, 0.2) is 0 Å². The van der Waals surface area contributed by atoms with Crippen molar-refractivity contribution in [3.8, 4) is 5.75 Å². The van der Waals surface area contributed by atoms with Crippen LogP contribution in [0, 0.1) is 0 Å². The monoisotopic (exact) mass is 317 g/mol. The predicted octanol–water partition coefficient (Wildman–Crippen LogP) is 2.84. The topological polar surface area (TPSA) is 49.8 Å². The predicted molar refractivity (Wildman–Crippen MR) is 85.5 cm³/mol. The molecule has 1 aliphatic heterocycles. The number of anilines is 1. The quantitative estimate of drug-likeness (QED) is 0.882. The van der Waals surface area contributed by atoms with Gasteiger partial charge in [-0.05, 0) is 42.0 Å². The fourth-order valence-corrected chi connectivity index (χ4v) is 2.95. The Kier molecular flexibility index (Phi) is 4.05. The number of carbonyl (C=O) groups is 1. The number of hydrogen-bond donors (Lipinski definition) is 1. The van der Waals surface area contributed by atoms with Crippen LogP contribution in [0.5, 0.6) is 5.75 Å². The van der Waals surface area contributed by atoms with Gasteiger partial charge < -0.3 is 14.7 Å². The average Bonchev–Trinajstić information content (AvgIpc) is 2.55. The third kappa shape index (κ3) is 2.45. The molecule has 5 heteroatoms. The van der Waals surface area contributed by atoms with Gasteiger partial charge in [-0.2, -0.15) is 0 Å². The van der Waals surface area contributed by atoms with Crippen molar-refractivity contribution in [2.24, 2.45) is 0 Å². The van der Waals surface area contributed by atoms with E-state index in [1.807, 2.05) is 24.3 Å². The van der Waals surface area contributed by atoms with Crippen LogP contribution in [0.4, 0.5) is 5.69 Å². The SMILES string of the molecule is COc1ccc(N2C(=O)[C@H](c3ccc(Cl)cc3)[C@@H]2CO)cc1. The first kappa shape index (κ1) is 14.9. The maximum atomic E-state index is 12.5. The first-order valence-electron chi connectivity index (χ1n) is 6.99. The van der Waals surface area contributed by atoms with E-state index < -0.39 is 0 Å². The van der Waals surface area contributed by atoms with Gasteiger partial charge in [-0.15, -0.1) is 0 Å². The van der Waals surface area contributed by atoms with Gasteiger partial charge in [-0.1, -0.05) is 23.7 Å². The molecule has 0 aliphatic carbocycles. The Bertz CT molecular complexity index is 669. The van der Waals surface area contributed by atoms with Gasteiger partial charge >= 0.3 is 0 Å². The van der Waals surface area contributed by atoms with E-state index in [1.54, 1.807) is 36.3 Å². The summed E-state index contributed by atoms with van der Waals surface area (Å²) in [7, 11) is 1.59. The van der Waals surface area contributed by atoms with E-state index in [1.165, 1.54) is 0 Å². The van der Waals surface area contributed by atoms with Crippen LogP contribution in [0.1, 0.15) is 11.5 Å². The fourth-order valence-electron chi connectivity index (χ4n) is 2.83. The Labute approximate surface area is 133 Å². The van der Waals surface area contributed by atoms with Gasteiger partial charge in [0.25, 0.3) is 0 Å². The molecule has 4 nitrogen and oxygen atoms in total. The summed E-state index contributed by atoms with van der Waals surface area (Å²) in [5.74, 6) is 0.377. The Morgan fingerprint density at radius 3 is 2.32 bits per heavy atom. The molecule has 2 aromatic rings. The molecule has 1 fully saturated rings. The van der Waals surface area contributed by atoms with Crippen LogP contribution in [0.3, 0.4) is 0 Å². The zero-order valence-electron chi connectivity index (χ0n) is 12.1. The van der Waals surface area contributed by atoms with Crippen LogP contribution in [-0.2, 0) is 4.79 Å².